The van der Waals surface area contributed by atoms with Crippen molar-refractivity contribution in [3.8, 4) is 0 Å². The monoisotopic (exact) mass is 251 g/mol. The first kappa shape index (κ1) is 14.6. The molecule has 1 unspecified atom stereocenters. The standard InChI is InChI=1S/C15H25NS/c1-4-8-15(16-5-2)12-17-11-14-10-7-6-9-13(14)3/h6-7,9-10,15-16H,4-5,8,11-12H2,1-3H3. The summed E-state index contributed by atoms with van der Waals surface area (Å²) >= 11 is 2.05. The van der Waals surface area contributed by atoms with Gasteiger partial charge in [0.05, 0.1) is 0 Å². The van der Waals surface area contributed by atoms with Gasteiger partial charge >= 0.3 is 0 Å². The van der Waals surface area contributed by atoms with Crippen molar-refractivity contribution >= 4 is 11.8 Å². The molecule has 0 aliphatic rings. The van der Waals surface area contributed by atoms with Gasteiger partial charge in [-0.2, -0.15) is 11.8 Å². The van der Waals surface area contributed by atoms with Gasteiger partial charge in [0, 0.05) is 17.5 Å². The molecule has 0 saturated heterocycles. The lowest BCUT2D eigenvalue weighted by Crippen LogP contribution is -2.30. The summed E-state index contributed by atoms with van der Waals surface area (Å²) < 4.78 is 0. The van der Waals surface area contributed by atoms with Crippen molar-refractivity contribution in [2.75, 3.05) is 12.3 Å². The summed E-state index contributed by atoms with van der Waals surface area (Å²) in [6, 6.07) is 9.37. The molecule has 0 bridgehead atoms. The van der Waals surface area contributed by atoms with Crippen LogP contribution in [-0.2, 0) is 5.75 Å². The smallest absolute Gasteiger partial charge is 0.0187 e. The van der Waals surface area contributed by atoms with Crippen LogP contribution >= 0.6 is 11.8 Å². The molecule has 0 fully saturated rings. The maximum atomic E-state index is 3.56. The highest BCUT2D eigenvalue weighted by Gasteiger charge is 2.06. The molecule has 1 aromatic carbocycles. The van der Waals surface area contributed by atoms with E-state index in [1.807, 2.05) is 11.8 Å². The normalized spacial score (nSPS) is 12.6. The second-order valence-corrected chi connectivity index (χ2v) is 5.52. The second-order valence-electron chi connectivity index (χ2n) is 4.48. The first-order chi connectivity index (χ1) is 8.27. The quantitative estimate of drug-likeness (QED) is 0.749. The number of rotatable bonds is 8. The van der Waals surface area contributed by atoms with E-state index in [9.17, 15) is 0 Å². The third-order valence-electron chi connectivity index (χ3n) is 2.97. The van der Waals surface area contributed by atoms with Gasteiger partial charge in [-0.1, -0.05) is 44.5 Å². The maximum Gasteiger partial charge on any atom is 0.0187 e. The lowest BCUT2D eigenvalue weighted by Gasteiger charge is -2.16. The molecular formula is C15H25NS. The van der Waals surface area contributed by atoms with E-state index < -0.39 is 0 Å². The molecule has 17 heavy (non-hydrogen) atoms. The minimum Gasteiger partial charge on any atom is -0.313 e. The van der Waals surface area contributed by atoms with Crippen molar-refractivity contribution in [3.63, 3.8) is 0 Å². The van der Waals surface area contributed by atoms with E-state index in [2.05, 4.69) is 50.4 Å². The fraction of sp³-hybridized carbons (Fsp3) is 0.600. The van der Waals surface area contributed by atoms with Crippen molar-refractivity contribution in [2.45, 2.75) is 45.4 Å². The molecule has 96 valence electrons. The summed E-state index contributed by atoms with van der Waals surface area (Å²) in [4.78, 5) is 0. The molecule has 0 aromatic heterocycles. The van der Waals surface area contributed by atoms with Crippen LogP contribution in [0, 0.1) is 6.92 Å². The van der Waals surface area contributed by atoms with Gasteiger partial charge in [0.1, 0.15) is 0 Å². The van der Waals surface area contributed by atoms with Crippen LogP contribution in [0.25, 0.3) is 0 Å². The Balaban J connectivity index is 2.33. The van der Waals surface area contributed by atoms with E-state index in [0.29, 0.717) is 6.04 Å². The number of aryl methyl sites for hydroxylation is 1. The summed E-state index contributed by atoms with van der Waals surface area (Å²) in [5.74, 6) is 2.36. The summed E-state index contributed by atoms with van der Waals surface area (Å²) in [7, 11) is 0. The van der Waals surface area contributed by atoms with Crippen molar-refractivity contribution in [3.05, 3.63) is 35.4 Å². The molecule has 0 saturated carbocycles. The van der Waals surface area contributed by atoms with Crippen LogP contribution in [0.15, 0.2) is 24.3 Å². The molecular weight excluding hydrogens is 226 g/mol. The van der Waals surface area contributed by atoms with Gasteiger partial charge in [-0.05, 0) is 31.0 Å². The van der Waals surface area contributed by atoms with Gasteiger partial charge in [0.15, 0.2) is 0 Å². The fourth-order valence-electron chi connectivity index (χ4n) is 1.96. The maximum absolute atomic E-state index is 3.56. The van der Waals surface area contributed by atoms with E-state index in [1.54, 1.807) is 0 Å². The lowest BCUT2D eigenvalue weighted by atomic mass is 10.1. The molecule has 0 spiro atoms. The average Bonchev–Trinajstić information content (AvgIpc) is 2.32. The van der Waals surface area contributed by atoms with Gasteiger partial charge in [0.25, 0.3) is 0 Å². The zero-order chi connectivity index (χ0) is 12.5. The average molecular weight is 251 g/mol. The number of thioether (sulfide) groups is 1. The Morgan fingerprint density at radius 3 is 2.65 bits per heavy atom. The Hall–Kier alpha value is -0.470. The van der Waals surface area contributed by atoms with E-state index >= 15 is 0 Å². The summed E-state index contributed by atoms with van der Waals surface area (Å²) in [5.41, 5.74) is 2.89. The Bertz CT molecular complexity index is 306. The van der Waals surface area contributed by atoms with Gasteiger partial charge < -0.3 is 5.32 Å². The molecule has 1 nitrogen and oxygen atoms in total. The SMILES string of the molecule is CCCC(CSCc1ccccc1C)NCC. The second kappa shape index (κ2) is 8.60. The third-order valence-corrected chi connectivity index (χ3v) is 4.12. The zero-order valence-corrected chi connectivity index (χ0v) is 12.1. The summed E-state index contributed by atoms with van der Waals surface area (Å²) in [5, 5.41) is 3.56. The van der Waals surface area contributed by atoms with Gasteiger partial charge in [-0.15, -0.1) is 0 Å². The highest BCUT2D eigenvalue weighted by molar-refractivity contribution is 7.98. The topological polar surface area (TPSA) is 12.0 Å². The van der Waals surface area contributed by atoms with Crippen molar-refractivity contribution in [1.29, 1.82) is 0 Å². The Kier molecular flexibility index (Phi) is 7.38. The van der Waals surface area contributed by atoms with E-state index in [4.69, 9.17) is 0 Å². The Labute approximate surface area is 110 Å². The highest BCUT2D eigenvalue weighted by Crippen LogP contribution is 2.17. The summed E-state index contributed by atoms with van der Waals surface area (Å²) in [6.07, 6.45) is 2.55. The molecule has 0 amide bonds. The Morgan fingerprint density at radius 2 is 2.00 bits per heavy atom. The molecule has 1 atom stereocenters. The first-order valence-corrected chi connectivity index (χ1v) is 7.79. The molecule has 0 aliphatic heterocycles. The number of nitrogens with one attached hydrogen (secondary N) is 1. The predicted octanol–water partition coefficient (Wildman–Crippen LogP) is 4.01. The largest absolute Gasteiger partial charge is 0.313 e. The van der Waals surface area contributed by atoms with Gasteiger partial charge in [-0.25, -0.2) is 0 Å². The van der Waals surface area contributed by atoms with Crippen molar-refractivity contribution in [1.82, 2.24) is 5.32 Å². The molecule has 1 rings (SSSR count). The van der Waals surface area contributed by atoms with Crippen LogP contribution in [0.1, 0.15) is 37.8 Å². The zero-order valence-electron chi connectivity index (χ0n) is 11.3. The highest BCUT2D eigenvalue weighted by atomic mass is 32.2. The fourth-order valence-corrected chi connectivity index (χ4v) is 3.20. The van der Waals surface area contributed by atoms with Crippen LogP contribution < -0.4 is 5.32 Å². The van der Waals surface area contributed by atoms with Crippen LogP contribution in [0.5, 0.6) is 0 Å². The third kappa shape index (κ3) is 5.60. The lowest BCUT2D eigenvalue weighted by molar-refractivity contribution is 0.531. The number of hydrogen-bond acceptors (Lipinski definition) is 2. The van der Waals surface area contributed by atoms with Crippen LogP contribution in [0.2, 0.25) is 0 Å². The van der Waals surface area contributed by atoms with Crippen LogP contribution in [0.3, 0.4) is 0 Å². The molecule has 2 heteroatoms. The van der Waals surface area contributed by atoms with Crippen molar-refractivity contribution < 1.29 is 0 Å². The van der Waals surface area contributed by atoms with Gasteiger partial charge in [-0.3, -0.25) is 0 Å². The summed E-state index contributed by atoms with van der Waals surface area (Å²) in [6.45, 7) is 7.73. The number of benzene rings is 1. The Morgan fingerprint density at radius 1 is 1.24 bits per heavy atom. The minimum atomic E-state index is 0.680. The van der Waals surface area contributed by atoms with E-state index in [1.165, 1.54) is 29.7 Å². The molecule has 1 aromatic rings. The van der Waals surface area contributed by atoms with E-state index in [0.717, 1.165) is 12.3 Å². The molecule has 0 heterocycles. The van der Waals surface area contributed by atoms with Crippen molar-refractivity contribution in [2.24, 2.45) is 0 Å². The van der Waals surface area contributed by atoms with Crippen LogP contribution in [-0.4, -0.2) is 18.3 Å². The van der Waals surface area contributed by atoms with E-state index in [-0.39, 0.29) is 0 Å². The number of hydrogen-bond donors (Lipinski definition) is 1. The van der Waals surface area contributed by atoms with Crippen LogP contribution in [0.4, 0.5) is 0 Å². The predicted molar refractivity (Wildman–Crippen MR) is 79.7 cm³/mol. The molecule has 1 N–H and O–H groups in total. The molecule has 0 aliphatic carbocycles. The van der Waals surface area contributed by atoms with Gasteiger partial charge in [0.2, 0.25) is 0 Å². The minimum absolute atomic E-state index is 0.680. The first-order valence-electron chi connectivity index (χ1n) is 6.63. The molecule has 0 radical (unpaired) electrons.